The minimum atomic E-state index is -0.149. The highest BCUT2D eigenvalue weighted by Gasteiger charge is 2.33. The molecule has 0 saturated carbocycles. The lowest BCUT2D eigenvalue weighted by atomic mass is 9.73. The number of allylic oxidation sites excluding steroid dienone is 3. The van der Waals surface area contributed by atoms with Crippen LogP contribution in [0.15, 0.2) is 53.2 Å². The number of hydrogen-bond donors (Lipinski definition) is 2. The largest absolute Gasteiger partial charge is 0.397 e. The molecular weight excluding hydrogens is 288 g/mol. The third kappa shape index (κ3) is 1.79. The topological polar surface area (TPSA) is 38.0 Å². The van der Waals surface area contributed by atoms with Gasteiger partial charge < -0.3 is 11.1 Å². The molecule has 2 nitrogen and oxygen atoms in total. The summed E-state index contributed by atoms with van der Waals surface area (Å²) < 4.78 is 0.985. The van der Waals surface area contributed by atoms with E-state index < -0.39 is 0 Å². The fourth-order valence-electron chi connectivity index (χ4n) is 2.47. The molecule has 1 aromatic rings. The Morgan fingerprint density at radius 1 is 1.28 bits per heavy atom. The second kappa shape index (κ2) is 4.32. The summed E-state index contributed by atoms with van der Waals surface area (Å²) in [7, 11) is 0. The molecule has 0 aromatic heterocycles. The Kier molecular flexibility index (Phi) is 3.11. The van der Waals surface area contributed by atoms with E-state index in [0.717, 1.165) is 32.7 Å². The summed E-state index contributed by atoms with van der Waals surface area (Å²) in [6.45, 7) is 12.1. The summed E-state index contributed by atoms with van der Waals surface area (Å²) >= 11 is 3.50. The summed E-state index contributed by atoms with van der Waals surface area (Å²) in [6.07, 6.45) is 3.69. The van der Waals surface area contributed by atoms with E-state index in [1.54, 1.807) is 0 Å². The zero-order valence-corrected chi connectivity index (χ0v) is 12.3. The van der Waals surface area contributed by atoms with Gasteiger partial charge in [-0.3, -0.25) is 0 Å². The molecule has 1 aliphatic rings. The molecule has 0 amide bonds. The van der Waals surface area contributed by atoms with Gasteiger partial charge in [0.15, 0.2) is 0 Å². The summed E-state index contributed by atoms with van der Waals surface area (Å²) in [6, 6.07) is 4.00. The standard InChI is InChI=1S/C15H17BrN2/c1-5-10-13(6-2)18-14-11(15(10,3)4)7-9(16)8-12(14)17/h5-8,18H,1-2,17H2,3-4H3. The molecular formula is C15H17BrN2. The lowest BCUT2D eigenvalue weighted by molar-refractivity contribution is 0.629. The highest BCUT2D eigenvalue weighted by atomic mass is 79.9. The second-order valence-corrected chi connectivity index (χ2v) is 5.82. The first-order valence-electron chi connectivity index (χ1n) is 5.78. The summed E-state index contributed by atoms with van der Waals surface area (Å²) in [5, 5.41) is 3.34. The number of anilines is 2. The average molecular weight is 305 g/mol. The van der Waals surface area contributed by atoms with Crippen molar-refractivity contribution in [3.05, 3.63) is 58.7 Å². The van der Waals surface area contributed by atoms with Gasteiger partial charge in [0.1, 0.15) is 0 Å². The first-order valence-corrected chi connectivity index (χ1v) is 6.57. The van der Waals surface area contributed by atoms with Crippen molar-refractivity contribution in [2.24, 2.45) is 0 Å². The van der Waals surface area contributed by atoms with Crippen LogP contribution >= 0.6 is 15.9 Å². The number of fused-ring (bicyclic) bond motifs is 1. The van der Waals surface area contributed by atoms with Crippen molar-refractivity contribution in [2.75, 3.05) is 11.1 Å². The summed E-state index contributed by atoms with van der Waals surface area (Å²) in [5.74, 6) is 0. The van der Waals surface area contributed by atoms with Gasteiger partial charge in [0, 0.05) is 15.6 Å². The minimum absolute atomic E-state index is 0.149. The number of nitrogens with one attached hydrogen (secondary N) is 1. The summed E-state index contributed by atoms with van der Waals surface area (Å²) in [4.78, 5) is 0. The minimum Gasteiger partial charge on any atom is -0.397 e. The van der Waals surface area contributed by atoms with Crippen LogP contribution in [-0.2, 0) is 5.41 Å². The lowest BCUT2D eigenvalue weighted by Crippen LogP contribution is -2.28. The predicted molar refractivity (Wildman–Crippen MR) is 82.6 cm³/mol. The number of benzene rings is 1. The smallest absolute Gasteiger partial charge is 0.0660 e. The molecule has 0 fully saturated rings. The maximum atomic E-state index is 6.09. The van der Waals surface area contributed by atoms with E-state index in [2.05, 4.69) is 54.3 Å². The Hall–Kier alpha value is -1.48. The molecule has 94 valence electrons. The van der Waals surface area contributed by atoms with Crippen molar-refractivity contribution in [3.63, 3.8) is 0 Å². The van der Waals surface area contributed by atoms with E-state index in [0.29, 0.717) is 0 Å². The second-order valence-electron chi connectivity index (χ2n) is 4.90. The monoisotopic (exact) mass is 304 g/mol. The molecule has 3 heteroatoms. The van der Waals surface area contributed by atoms with Crippen molar-refractivity contribution in [1.29, 1.82) is 0 Å². The highest BCUT2D eigenvalue weighted by Crippen LogP contribution is 2.46. The zero-order valence-electron chi connectivity index (χ0n) is 10.7. The van der Waals surface area contributed by atoms with Gasteiger partial charge in [0.05, 0.1) is 11.4 Å². The molecule has 1 heterocycles. The van der Waals surface area contributed by atoms with Crippen LogP contribution in [0.2, 0.25) is 0 Å². The van der Waals surface area contributed by atoms with Crippen LogP contribution in [-0.4, -0.2) is 0 Å². The maximum absolute atomic E-state index is 6.09. The summed E-state index contributed by atoms with van der Waals surface area (Å²) in [5.41, 5.74) is 10.9. The van der Waals surface area contributed by atoms with Crippen LogP contribution in [0.25, 0.3) is 0 Å². The Labute approximate surface area is 116 Å². The van der Waals surface area contributed by atoms with Crippen LogP contribution in [0.1, 0.15) is 19.4 Å². The van der Waals surface area contributed by atoms with Crippen molar-refractivity contribution in [2.45, 2.75) is 19.3 Å². The third-order valence-electron chi connectivity index (χ3n) is 3.44. The molecule has 1 aromatic carbocycles. The molecule has 0 atom stereocenters. The molecule has 3 N–H and O–H groups in total. The van der Waals surface area contributed by atoms with Crippen molar-refractivity contribution < 1.29 is 0 Å². The molecule has 0 aliphatic carbocycles. The SMILES string of the molecule is C=CC1=C(C=C)C(C)(C)c2cc(Br)cc(N)c2N1. The van der Waals surface area contributed by atoms with Crippen molar-refractivity contribution in [1.82, 2.24) is 0 Å². The fraction of sp³-hybridized carbons (Fsp3) is 0.200. The zero-order chi connectivity index (χ0) is 13.5. The molecule has 1 aliphatic heterocycles. The first kappa shape index (κ1) is 13.0. The van der Waals surface area contributed by atoms with Gasteiger partial charge in [-0.15, -0.1) is 0 Å². The lowest BCUT2D eigenvalue weighted by Gasteiger charge is -2.36. The van der Waals surface area contributed by atoms with Gasteiger partial charge in [-0.2, -0.15) is 0 Å². The molecule has 0 radical (unpaired) electrons. The van der Waals surface area contributed by atoms with E-state index in [1.165, 1.54) is 0 Å². The fourth-order valence-corrected chi connectivity index (χ4v) is 2.95. The highest BCUT2D eigenvalue weighted by molar-refractivity contribution is 9.10. The maximum Gasteiger partial charge on any atom is 0.0660 e. The molecule has 18 heavy (non-hydrogen) atoms. The van der Waals surface area contributed by atoms with Crippen LogP contribution in [0, 0.1) is 0 Å². The Bertz CT molecular complexity index is 568. The molecule has 2 rings (SSSR count). The van der Waals surface area contributed by atoms with E-state index in [1.807, 2.05) is 18.2 Å². The van der Waals surface area contributed by atoms with Gasteiger partial charge in [-0.1, -0.05) is 49.0 Å². The van der Waals surface area contributed by atoms with Gasteiger partial charge in [-0.05, 0) is 29.3 Å². The third-order valence-corrected chi connectivity index (χ3v) is 3.90. The predicted octanol–water partition coefficient (Wildman–Crippen LogP) is 4.36. The average Bonchev–Trinajstić information content (AvgIpc) is 2.29. The van der Waals surface area contributed by atoms with Crippen LogP contribution in [0.3, 0.4) is 0 Å². The van der Waals surface area contributed by atoms with Gasteiger partial charge >= 0.3 is 0 Å². The van der Waals surface area contributed by atoms with E-state index >= 15 is 0 Å². The number of halogens is 1. The Morgan fingerprint density at radius 2 is 1.94 bits per heavy atom. The van der Waals surface area contributed by atoms with E-state index in [4.69, 9.17) is 5.73 Å². The number of hydrogen-bond acceptors (Lipinski definition) is 2. The Morgan fingerprint density at radius 3 is 2.50 bits per heavy atom. The normalized spacial score (nSPS) is 16.8. The van der Waals surface area contributed by atoms with Crippen LogP contribution < -0.4 is 11.1 Å². The van der Waals surface area contributed by atoms with Crippen LogP contribution in [0.4, 0.5) is 11.4 Å². The van der Waals surface area contributed by atoms with Gasteiger partial charge in [0.25, 0.3) is 0 Å². The van der Waals surface area contributed by atoms with Gasteiger partial charge in [-0.25, -0.2) is 0 Å². The first-order chi connectivity index (χ1) is 8.41. The van der Waals surface area contributed by atoms with Crippen molar-refractivity contribution in [3.8, 4) is 0 Å². The number of nitrogens with two attached hydrogens (primary N) is 1. The number of nitrogen functional groups attached to an aromatic ring is 1. The molecule has 0 unspecified atom stereocenters. The number of rotatable bonds is 2. The van der Waals surface area contributed by atoms with Crippen molar-refractivity contribution >= 4 is 27.3 Å². The Balaban J connectivity index is 2.77. The van der Waals surface area contributed by atoms with Gasteiger partial charge in [0.2, 0.25) is 0 Å². The molecule has 0 bridgehead atoms. The van der Waals surface area contributed by atoms with Crippen LogP contribution in [0.5, 0.6) is 0 Å². The molecule has 0 spiro atoms. The molecule has 0 saturated heterocycles. The van der Waals surface area contributed by atoms with E-state index in [-0.39, 0.29) is 5.41 Å². The quantitative estimate of drug-likeness (QED) is 0.797. The van der Waals surface area contributed by atoms with E-state index in [9.17, 15) is 0 Å².